The van der Waals surface area contributed by atoms with Crippen LogP contribution >= 0.6 is 0 Å². The summed E-state index contributed by atoms with van der Waals surface area (Å²) in [5.41, 5.74) is 0.775. The number of aliphatic carboxylic acids is 1. The van der Waals surface area contributed by atoms with E-state index in [9.17, 15) is 9.59 Å². The van der Waals surface area contributed by atoms with Crippen LogP contribution in [0.1, 0.15) is 16.8 Å². The molecule has 0 saturated carbocycles. The molecule has 0 radical (unpaired) electrons. The third kappa shape index (κ3) is 3.79. The maximum atomic E-state index is 10.7. The minimum atomic E-state index is -1.03. The van der Waals surface area contributed by atoms with E-state index in [2.05, 4.69) is 0 Å². The van der Waals surface area contributed by atoms with Crippen molar-refractivity contribution in [2.75, 3.05) is 18.0 Å². The summed E-state index contributed by atoms with van der Waals surface area (Å²) in [6, 6.07) is 7.90. The average molecular weight is 248 g/mol. The van der Waals surface area contributed by atoms with E-state index in [1.807, 2.05) is 6.07 Å². The van der Waals surface area contributed by atoms with Crippen LogP contribution in [0.25, 0.3) is 0 Å². The first kappa shape index (κ1) is 13.5. The fourth-order valence-electron chi connectivity index (χ4n) is 1.43. The summed E-state index contributed by atoms with van der Waals surface area (Å²) in [5.74, 6) is -1.97. The normalized spacial score (nSPS) is 9.50. The molecule has 0 unspecified atom stereocenters. The first-order valence-electron chi connectivity index (χ1n) is 5.21. The Labute approximate surface area is 104 Å². The number of carboxylic acid groups (broad SMARTS) is 2. The summed E-state index contributed by atoms with van der Waals surface area (Å²) in [6.45, 7) is 0.259. The van der Waals surface area contributed by atoms with Crippen LogP contribution in [0.15, 0.2) is 24.3 Å². The second-order valence-electron chi connectivity index (χ2n) is 3.58. The maximum Gasteiger partial charge on any atom is 0.335 e. The molecule has 0 spiro atoms. The predicted octanol–water partition coefficient (Wildman–Crippen LogP) is 1.19. The van der Waals surface area contributed by atoms with Crippen molar-refractivity contribution >= 4 is 17.6 Å². The molecule has 2 N–H and O–H groups in total. The number of carbonyl (C=O) groups is 2. The first-order valence-corrected chi connectivity index (χ1v) is 5.21. The van der Waals surface area contributed by atoms with Gasteiger partial charge in [-0.15, -0.1) is 0 Å². The van der Waals surface area contributed by atoms with E-state index in [-0.39, 0.29) is 25.1 Å². The lowest BCUT2D eigenvalue weighted by atomic mass is 10.2. The number of anilines is 1. The highest BCUT2D eigenvalue weighted by Crippen LogP contribution is 2.15. The fraction of sp³-hybridized carbons (Fsp3) is 0.250. The van der Waals surface area contributed by atoms with Crippen molar-refractivity contribution in [2.45, 2.75) is 6.42 Å². The molecule has 0 amide bonds. The molecule has 0 fully saturated rings. The summed E-state index contributed by atoms with van der Waals surface area (Å²) in [4.78, 5) is 22.8. The van der Waals surface area contributed by atoms with Crippen molar-refractivity contribution < 1.29 is 19.8 Å². The third-order valence-corrected chi connectivity index (χ3v) is 2.34. The molecule has 1 rings (SSSR count). The first-order chi connectivity index (χ1) is 8.54. The second kappa shape index (κ2) is 6.25. The second-order valence-corrected chi connectivity index (χ2v) is 3.58. The van der Waals surface area contributed by atoms with E-state index in [0.29, 0.717) is 5.69 Å². The van der Waals surface area contributed by atoms with Crippen LogP contribution in [0.3, 0.4) is 0 Å². The number of hydrogen-bond donors (Lipinski definition) is 2. The predicted molar refractivity (Wildman–Crippen MR) is 63.5 cm³/mol. The molecular weight excluding hydrogens is 236 g/mol. The van der Waals surface area contributed by atoms with Gasteiger partial charge in [-0.05, 0) is 24.3 Å². The number of carboxylic acids is 2. The smallest absolute Gasteiger partial charge is 0.335 e. The number of rotatable bonds is 6. The quantitative estimate of drug-likeness (QED) is 0.733. The fourth-order valence-corrected chi connectivity index (χ4v) is 1.43. The van der Waals surface area contributed by atoms with Gasteiger partial charge in [-0.25, -0.2) is 4.79 Å². The van der Waals surface area contributed by atoms with E-state index in [4.69, 9.17) is 15.5 Å². The topological polar surface area (TPSA) is 102 Å². The summed E-state index contributed by atoms with van der Waals surface area (Å²) in [6.07, 6.45) is -0.0810. The van der Waals surface area contributed by atoms with Gasteiger partial charge < -0.3 is 15.1 Å². The molecule has 0 saturated heterocycles. The molecule has 6 heteroatoms. The van der Waals surface area contributed by atoms with Gasteiger partial charge in [-0.1, -0.05) is 0 Å². The largest absolute Gasteiger partial charge is 0.481 e. The molecule has 0 aliphatic carbocycles. The van der Waals surface area contributed by atoms with Crippen LogP contribution in [0, 0.1) is 11.3 Å². The zero-order valence-corrected chi connectivity index (χ0v) is 9.54. The lowest BCUT2D eigenvalue weighted by Gasteiger charge is -2.20. The van der Waals surface area contributed by atoms with Crippen molar-refractivity contribution in [2.24, 2.45) is 0 Å². The standard InChI is InChI=1S/C12H12N2O4/c13-6-8-14(7-5-11(15)16)10-3-1-9(2-4-10)12(17)18/h1-4H,5,7-8H2,(H,15,16)(H,17,18). The maximum absolute atomic E-state index is 10.7. The van der Waals surface area contributed by atoms with Crippen LogP contribution in [-0.4, -0.2) is 35.2 Å². The van der Waals surface area contributed by atoms with Crippen molar-refractivity contribution in [3.05, 3.63) is 29.8 Å². The van der Waals surface area contributed by atoms with Gasteiger partial charge in [0.1, 0.15) is 6.54 Å². The van der Waals surface area contributed by atoms with Crippen molar-refractivity contribution in [3.63, 3.8) is 0 Å². The Hall–Kier alpha value is -2.55. The number of benzene rings is 1. The minimum absolute atomic E-state index is 0.0553. The Morgan fingerprint density at radius 1 is 1.22 bits per heavy atom. The molecular formula is C12H12N2O4. The summed E-state index contributed by atoms with van der Waals surface area (Å²) in [5, 5.41) is 26.0. The Bertz CT molecular complexity index is 476. The number of aromatic carboxylic acids is 1. The number of nitriles is 1. The molecule has 1 aromatic rings. The molecule has 94 valence electrons. The highest BCUT2D eigenvalue weighted by atomic mass is 16.4. The Kier molecular flexibility index (Phi) is 4.69. The summed E-state index contributed by atoms with van der Waals surface area (Å²) >= 11 is 0. The molecule has 0 atom stereocenters. The van der Waals surface area contributed by atoms with Gasteiger partial charge >= 0.3 is 11.9 Å². The lowest BCUT2D eigenvalue weighted by Crippen LogP contribution is -2.26. The van der Waals surface area contributed by atoms with E-state index in [1.165, 1.54) is 12.1 Å². The highest BCUT2D eigenvalue weighted by molar-refractivity contribution is 5.88. The SMILES string of the molecule is N#CCN(CCC(=O)O)c1ccc(C(=O)O)cc1. The number of hydrogen-bond acceptors (Lipinski definition) is 4. The Balaban J connectivity index is 2.82. The average Bonchev–Trinajstić information content (AvgIpc) is 2.34. The van der Waals surface area contributed by atoms with Crippen LogP contribution in [0.2, 0.25) is 0 Å². The number of nitrogens with zero attached hydrogens (tertiary/aromatic N) is 2. The summed E-state index contributed by atoms with van der Waals surface area (Å²) in [7, 11) is 0. The van der Waals surface area contributed by atoms with Crippen LogP contribution in [-0.2, 0) is 4.79 Å². The molecule has 0 aliphatic rings. The minimum Gasteiger partial charge on any atom is -0.481 e. The summed E-state index contributed by atoms with van der Waals surface area (Å²) < 4.78 is 0. The van der Waals surface area contributed by atoms with Crippen LogP contribution in [0.4, 0.5) is 5.69 Å². The van der Waals surface area contributed by atoms with Gasteiger partial charge in [0.2, 0.25) is 0 Å². The molecule has 0 heterocycles. The van der Waals surface area contributed by atoms with Crippen molar-refractivity contribution in [3.8, 4) is 6.07 Å². The van der Waals surface area contributed by atoms with Gasteiger partial charge in [0.05, 0.1) is 18.1 Å². The molecule has 18 heavy (non-hydrogen) atoms. The molecule has 1 aromatic carbocycles. The molecule has 0 bridgehead atoms. The van der Waals surface area contributed by atoms with Crippen LogP contribution in [0.5, 0.6) is 0 Å². The van der Waals surface area contributed by atoms with Gasteiger partial charge in [-0.2, -0.15) is 5.26 Å². The van der Waals surface area contributed by atoms with E-state index < -0.39 is 11.9 Å². The van der Waals surface area contributed by atoms with Gasteiger partial charge in [-0.3, -0.25) is 4.79 Å². The lowest BCUT2D eigenvalue weighted by molar-refractivity contribution is -0.136. The van der Waals surface area contributed by atoms with Gasteiger partial charge in [0, 0.05) is 12.2 Å². The van der Waals surface area contributed by atoms with E-state index >= 15 is 0 Å². The zero-order valence-electron chi connectivity index (χ0n) is 9.54. The Morgan fingerprint density at radius 3 is 2.28 bits per heavy atom. The van der Waals surface area contributed by atoms with Crippen molar-refractivity contribution in [1.29, 1.82) is 5.26 Å². The van der Waals surface area contributed by atoms with Gasteiger partial charge in [0.25, 0.3) is 0 Å². The van der Waals surface area contributed by atoms with Crippen molar-refractivity contribution in [1.82, 2.24) is 0 Å². The molecule has 0 aliphatic heterocycles. The van der Waals surface area contributed by atoms with E-state index in [1.54, 1.807) is 17.0 Å². The van der Waals surface area contributed by atoms with Gasteiger partial charge in [0.15, 0.2) is 0 Å². The van der Waals surface area contributed by atoms with E-state index in [0.717, 1.165) is 0 Å². The zero-order chi connectivity index (χ0) is 13.5. The monoisotopic (exact) mass is 248 g/mol. The third-order valence-electron chi connectivity index (χ3n) is 2.34. The van der Waals surface area contributed by atoms with Crippen LogP contribution < -0.4 is 4.90 Å². The molecule has 6 nitrogen and oxygen atoms in total. The highest BCUT2D eigenvalue weighted by Gasteiger charge is 2.09. The molecule has 0 aromatic heterocycles. The Morgan fingerprint density at radius 2 is 1.83 bits per heavy atom.